The van der Waals surface area contributed by atoms with Crippen molar-refractivity contribution in [2.45, 2.75) is 26.8 Å². The second kappa shape index (κ2) is 5.98. The number of benzene rings is 1. The maximum absolute atomic E-state index is 4.10. The lowest BCUT2D eigenvalue weighted by Gasteiger charge is -2.25. The molecule has 2 aromatic rings. The molecule has 1 atom stereocenters. The summed E-state index contributed by atoms with van der Waals surface area (Å²) in [5.41, 5.74) is 2.81. The monoisotopic (exact) mass is 254 g/mol. The predicted octanol–water partition coefficient (Wildman–Crippen LogP) is 3.81. The van der Waals surface area contributed by atoms with Crippen LogP contribution in [0, 0.1) is 5.41 Å². The summed E-state index contributed by atoms with van der Waals surface area (Å²) < 4.78 is 0. The summed E-state index contributed by atoms with van der Waals surface area (Å²) in [5, 5.41) is 3.66. The lowest BCUT2D eigenvalue weighted by Crippen LogP contribution is -2.31. The van der Waals surface area contributed by atoms with Crippen molar-refractivity contribution in [1.82, 2.24) is 10.3 Å². The molecule has 2 heteroatoms. The topological polar surface area (TPSA) is 24.9 Å². The molecule has 1 N–H and O–H groups in total. The molecular formula is C17H22N2. The van der Waals surface area contributed by atoms with E-state index in [9.17, 15) is 0 Å². The zero-order valence-electron chi connectivity index (χ0n) is 11.9. The number of hydrogen-bond acceptors (Lipinski definition) is 2. The molecule has 1 unspecified atom stereocenters. The molecule has 1 heterocycles. The fourth-order valence-corrected chi connectivity index (χ4v) is 2.04. The van der Waals surface area contributed by atoms with E-state index >= 15 is 0 Å². The smallest absolute Gasteiger partial charge is 0.0578 e. The van der Waals surface area contributed by atoms with Crippen molar-refractivity contribution in [3.63, 3.8) is 0 Å². The third-order valence-corrected chi connectivity index (χ3v) is 3.01. The molecule has 2 rings (SSSR count). The van der Waals surface area contributed by atoms with Gasteiger partial charge < -0.3 is 5.32 Å². The molecule has 0 aliphatic heterocycles. The Hall–Kier alpha value is -1.67. The lowest BCUT2D eigenvalue weighted by molar-refractivity contribution is 0.365. The first kappa shape index (κ1) is 13.8. The number of nitrogens with one attached hydrogen (secondary N) is 1. The van der Waals surface area contributed by atoms with Crippen LogP contribution >= 0.6 is 0 Å². The van der Waals surface area contributed by atoms with Gasteiger partial charge >= 0.3 is 0 Å². The first-order chi connectivity index (χ1) is 9.06. The van der Waals surface area contributed by atoms with Gasteiger partial charge in [0, 0.05) is 18.9 Å². The van der Waals surface area contributed by atoms with Crippen molar-refractivity contribution in [3.05, 3.63) is 66.0 Å². The van der Waals surface area contributed by atoms with Crippen LogP contribution in [0.3, 0.4) is 0 Å². The first-order valence-electron chi connectivity index (χ1n) is 6.74. The predicted molar refractivity (Wildman–Crippen MR) is 80.0 cm³/mol. The average Bonchev–Trinajstić information content (AvgIpc) is 2.40. The molecule has 1 aromatic heterocycles. The van der Waals surface area contributed by atoms with E-state index in [1.807, 2.05) is 12.4 Å². The lowest BCUT2D eigenvalue weighted by atomic mass is 9.94. The van der Waals surface area contributed by atoms with Crippen molar-refractivity contribution in [3.8, 4) is 0 Å². The average molecular weight is 254 g/mol. The van der Waals surface area contributed by atoms with E-state index in [-0.39, 0.29) is 11.5 Å². The molecule has 0 aliphatic rings. The highest BCUT2D eigenvalue weighted by molar-refractivity contribution is 5.30. The van der Waals surface area contributed by atoms with Gasteiger partial charge in [0.2, 0.25) is 0 Å². The zero-order chi connectivity index (χ0) is 13.7. The number of nitrogens with zero attached hydrogens (tertiary/aromatic N) is 1. The third kappa shape index (κ3) is 4.18. The molecule has 1 aromatic carbocycles. The highest BCUT2D eigenvalue weighted by atomic mass is 14.9. The van der Waals surface area contributed by atoms with Crippen LogP contribution in [0.5, 0.6) is 0 Å². The minimum Gasteiger partial charge on any atom is -0.306 e. The van der Waals surface area contributed by atoms with Crippen LogP contribution in [0.25, 0.3) is 0 Å². The second-order valence-electron chi connectivity index (χ2n) is 6.07. The van der Waals surface area contributed by atoms with Crippen LogP contribution in [0.15, 0.2) is 54.9 Å². The molecule has 2 nitrogen and oxygen atoms in total. The van der Waals surface area contributed by atoms with Gasteiger partial charge in [0.05, 0.1) is 6.04 Å². The van der Waals surface area contributed by atoms with E-state index in [0.29, 0.717) is 0 Å². The van der Waals surface area contributed by atoms with Crippen LogP contribution in [0.1, 0.15) is 37.9 Å². The summed E-state index contributed by atoms with van der Waals surface area (Å²) in [6.45, 7) is 7.70. The molecule has 19 heavy (non-hydrogen) atoms. The van der Waals surface area contributed by atoms with Gasteiger partial charge in [-0.15, -0.1) is 0 Å². The SMILES string of the molecule is CC(C)(C)CNC(c1ccccc1)c1ccncc1. The highest BCUT2D eigenvalue weighted by Crippen LogP contribution is 2.23. The van der Waals surface area contributed by atoms with Crippen LogP contribution < -0.4 is 5.32 Å². The van der Waals surface area contributed by atoms with Crippen LogP contribution in [-0.2, 0) is 0 Å². The Morgan fingerprint density at radius 3 is 2.11 bits per heavy atom. The first-order valence-corrected chi connectivity index (χ1v) is 6.74. The van der Waals surface area contributed by atoms with Crippen LogP contribution in [0.4, 0.5) is 0 Å². The second-order valence-corrected chi connectivity index (χ2v) is 6.07. The molecule has 0 saturated carbocycles. The third-order valence-electron chi connectivity index (χ3n) is 3.01. The van der Waals surface area contributed by atoms with Crippen molar-refractivity contribution in [2.24, 2.45) is 5.41 Å². The zero-order valence-corrected chi connectivity index (χ0v) is 11.9. The minimum atomic E-state index is 0.225. The normalized spacial score (nSPS) is 13.2. The van der Waals surface area contributed by atoms with E-state index in [1.165, 1.54) is 11.1 Å². The largest absolute Gasteiger partial charge is 0.306 e. The molecule has 0 saturated heterocycles. The highest BCUT2D eigenvalue weighted by Gasteiger charge is 2.17. The number of aromatic nitrogens is 1. The van der Waals surface area contributed by atoms with E-state index < -0.39 is 0 Å². The van der Waals surface area contributed by atoms with E-state index in [1.54, 1.807) is 0 Å². The molecular weight excluding hydrogens is 232 g/mol. The Kier molecular flexibility index (Phi) is 4.33. The van der Waals surface area contributed by atoms with E-state index in [2.05, 4.69) is 73.5 Å². The van der Waals surface area contributed by atoms with Gasteiger partial charge in [-0.3, -0.25) is 4.98 Å². The molecule has 0 bridgehead atoms. The molecule has 0 amide bonds. The van der Waals surface area contributed by atoms with Crippen molar-refractivity contribution >= 4 is 0 Å². The summed E-state index contributed by atoms with van der Waals surface area (Å²) in [5.74, 6) is 0. The van der Waals surface area contributed by atoms with Gasteiger partial charge in [-0.25, -0.2) is 0 Å². The fraction of sp³-hybridized carbons (Fsp3) is 0.353. The summed E-state index contributed by atoms with van der Waals surface area (Å²) in [7, 11) is 0. The van der Waals surface area contributed by atoms with Gasteiger partial charge in [-0.1, -0.05) is 51.1 Å². The standard InChI is InChI=1S/C17H22N2/c1-17(2,3)13-19-16(14-7-5-4-6-8-14)15-9-11-18-12-10-15/h4-12,16,19H,13H2,1-3H3. The quantitative estimate of drug-likeness (QED) is 0.897. The van der Waals surface area contributed by atoms with Gasteiger partial charge in [0.25, 0.3) is 0 Å². The van der Waals surface area contributed by atoms with Crippen molar-refractivity contribution in [2.75, 3.05) is 6.54 Å². The minimum absolute atomic E-state index is 0.225. The Labute approximate surface area is 115 Å². The molecule has 0 spiro atoms. The van der Waals surface area contributed by atoms with Crippen LogP contribution in [0.2, 0.25) is 0 Å². The summed E-state index contributed by atoms with van der Waals surface area (Å²) >= 11 is 0. The van der Waals surface area contributed by atoms with Gasteiger partial charge in [-0.2, -0.15) is 0 Å². The molecule has 100 valence electrons. The Morgan fingerprint density at radius 1 is 0.947 bits per heavy atom. The summed E-state index contributed by atoms with van der Waals surface area (Å²) in [6.07, 6.45) is 3.70. The maximum atomic E-state index is 4.10. The Balaban J connectivity index is 2.24. The Bertz CT molecular complexity index is 446. The summed E-state index contributed by atoms with van der Waals surface area (Å²) in [4.78, 5) is 4.10. The fourth-order valence-electron chi connectivity index (χ4n) is 2.04. The molecule has 0 aliphatic carbocycles. The van der Waals surface area contributed by atoms with Crippen LogP contribution in [-0.4, -0.2) is 11.5 Å². The van der Waals surface area contributed by atoms with E-state index in [4.69, 9.17) is 0 Å². The number of rotatable bonds is 4. The molecule has 0 fully saturated rings. The Morgan fingerprint density at radius 2 is 1.53 bits per heavy atom. The van der Waals surface area contributed by atoms with Gasteiger partial charge in [0.15, 0.2) is 0 Å². The summed E-state index contributed by atoms with van der Waals surface area (Å²) in [6, 6.07) is 14.9. The molecule has 0 radical (unpaired) electrons. The van der Waals surface area contributed by atoms with Crippen molar-refractivity contribution < 1.29 is 0 Å². The van der Waals surface area contributed by atoms with Crippen molar-refractivity contribution in [1.29, 1.82) is 0 Å². The van der Waals surface area contributed by atoms with Gasteiger partial charge in [-0.05, 0) is 28.7 Å². The van der Waals surface area contributed by atoms with E-state index in [0.717, 1.165) is 6.54 Å². The number of hydrogen-bond donors (Lipinski definition) is 1. The maximum Gasteiger partial charge on any atom is 0.0578 e. The van der Waals surface area contributed by atoms with Gasteiger partial charge in [0.1, 0.15) is 0 Å². The number of pyridine rings is 1.